The van der Waals surface area contributed by atoms with Crippen molar-refractivity contribution >= 4 is 11.9 Å². The summed E-state index contributed by atoms with van der Waals surface area (Å²) < 4.78 is 5.49. The third kappa shape index (κ3) is 68.8. The monoisotopic (exact) mass is 1160 g/mol. The van der Waals surface area contributed by atoms with Crippen LogP contribution in [0.15, 0.2) is 48.6 Å². The number of aliphatic hydroxyl groups is 2. The molecule has 0 spiro atoms. The molecule has 0 bridgehead atoms. The van der Waals surface area contributed by atoms with Crippen LogP contribution in [0.2, 0.25) is 0 Å². The summed E-state index contributed by atoms with van der Waals surface area (Å²) in [6.07, 6.45) is 94.7. The number of carbonyl (C=O) groups excluding carboxylic acids is 2. The fraction of sp³-hybridized carbons (Fsp3) is 0.870. The number of rotatable bonds is 70. The first-order chi connectivity index (χ1) is 41.0. The van der Waals surface area contributed by atoms with E-state index < -0.39 is 12.1 Å². The van der Waals surface area contributed by atoms with Crippen molar-refractivity contribution in [2.45, 2.75) is 418 Å². The molecule has 6 nitrogen and oxygen atoms in total. The molecular weight excluding hydrogens is 1020 g/mol. The summed E-state index contributed by atoms with van der Waals surface area (Å²) in [6.45, 7) is 4.95. The molecule has 0 radical (unpaired) electrons. The van der Waals surface area contributed by atoms with Gasteiger partial charge in [-0.1, -0.05) is 351 Å². The van der Waals surface area contributed by atoms with Gasteiger partial charge >= 0.3 is 5.97 Å². The van der Waals surface area contributed by atoms with Gasteiger partial charge in [0.1, 0.15) is 0 Å². The molecule has 6 heteroatoms. The Bertz CT molecular complexity index is 1390. The van der Waals surface area contributed by atoms with Gasteiger partial charge in [-0.3, -0.25) is 9.59 Å². The zero-order chi connectivity index (χ0) is 59.9. The highest BCUT2D eigenvalue weighted by atomic mass is 16.5. The van der Waals surface area contributed by atoms with Gasteiger partial charge in [-0.15, -0.1) is 0 Å². The van der Waals surface area contributed by atoms with E-state index in [1.807, 2.05) is 0 Å². The van der Waals surface area contributed by atoms with Crippen molar-refractivity contribution in [1.29, 1.82) is 0 Å². The van der Waals surface area contributed by atoms with E-state index in [4.69, 9.17) is 4.74 Å². The molecule has 0 fully saturated rings. The van der Waals surface area contributed by atoms with E-state index in [2.05, 4.69) is 67.8 Å². The summed E-state index contributed by atoms with van der Waals surface area (Å²) in [5.41, 5.74) is 0. The second kappa shape index (κ2) is 72.3. The van der Waals surface area contributed by atoms with Gasteiger partial charge in [0.15, 0.2) is 0 Å². The van der Waals surface area contributed by atoms with Gasteiger partial charge in [-0.2, -0.15) is 0 Å². The van der Waals surface area contributed by atoms with E-state index in [1.54, 1.807) is 0 Å². The van der Waals surface area contributed by atoms with Crippen LogP contribution >= 0.6 is 0 Å². The van der Waals surface area contributed by atoms with Crippen molar-refractivity contribution in [3.8, 4) is 0 Å². The number of ether oxygens (including phenoxy) is 1. The third-order valence-corrected chi connectivity index (χ3v) is 17.4. The zero-order valence-electron chi connectivity index (χ0n) is 55.9. The molecule has 0 aliphatic heterocycles. The molecule has 83 heavy (non-hydrogen) atoms. The lowest BCUT2D eigenvalue weighted by Crippen LogP contribution is -2.45. The minimum absolute atomic E-state index is 0.00542. The Hall–Kier alpha value is -2.18. The molecule has 0 aliphatic rings. The highest BCUT2D eigenvalue weighted by Gasteiger charge is 2.20. The standard InChI is InChI=1S/C77H145NO5/c1-3-5-7-9-11-13-15-17-18-43-47-51-55-59-63-67-71-77(82)83-72-68-64-60-56-52-48-44-41-39-37-35-33-31-29-27-25-23-21-19-20-22-24-26-28-30-32-34-36-38-40-42-46-50-54-58-62-66-70-76(81)78-74(73-79)75(80)69-65-61-57-53-49-45-16-14-12-10-8-6-4-2/h13,15,18-19,21,25,27,43,74-75,79-80H,3-12,14,16-17,20,22-24,26,28-42,44-73H2,1-2H3,(H,78,81)/b15-13-,21-19-,27-25-,43-18-. The van der Waals surface area contributed by atoms with Crippen molar-refractivity contribution < 1.29 is 24.5 Å². The van der Waals surface area contributed by atoms with Crippen LogP contribution < -0.4 is 5.32 Å². The maximum atomic E-state index is 12.5. The van der Waals surface area contributed by atoms with Crippen LogP contribution in [-0.2, 0) is 14.3 Å². The van der Waals surface area contributed by atoms with Gasteiger partial charge < -0.3 is 20.3 Å². The molecule has 0 aromatic carbocycles. The molecule has 488 valence electrons. The number of hydrogen-bond acceptors (Lipinski definition) is 5. The molecule has 1 amide bonds. The molecule has 0 aliphatic carbocycles. The molecule has 3 N–H and O–H groups in total. The van der Waals surface area contributed by atoms with E-state index in [1.165, 1.54) is 315 Å². The fourth-order valence-corrected chi connectivity index (χ4v) is 11.6. The van der Waals surface area contributed by atoms with Gasteiger partial charge in [0.05, 0.1) is 25.4 Å². The number of aliphatic hydroxyl groups excluding tert-OH is 2. The first kappa shape index (κ1) is 80.8. The Kier molecular flexibility index (Phi) is 70.4. The molecule has 0 aromatic heterocycles. The van der Waals surface area contributed by atoms with Gasteiger partial charge in [0, 0.05) is 12.8 Å². The van der Waals surface area contributed by atoms with Crippen molar-refractivity contribution in [2.75, 3.05) is 13.2 Å². The summed E-state index contributed by atoms with van der Waals surface area (Å²) in [4.78, 5) is 24.6. The van der Waals surface area contributed by atoms with E-state index in [-0.39, 0.29) is 18.5 Å². The first-order valence-electron chi connectivity index (χ1n) is 37.4. The lowest BCUT2D eigenvalue weighted by Gasteiger charge is -2.22. The van der Waals surface area contributed by atoms with Crippen LogP contribution in [0.25, 0.3) is 0 Å². The maximum absolute atomic E-state index is 12.5. The van der Waals surface area contributed by atoms with Gasteiger partial charge in [-0.25, -0.2) is 0 Å². The smallest absolute Gasteiger partial charge is 0.305 e. The number of unbranched alkanes of at least 4 members (excludes halogenated alkanes) is 51. The molecule has 0 saturated carbocycles. The van der Waals surface area contributed by atoms with E-state index in [0.29, 0.717) is 25.9 Å². The van der Waals surface area contributed by atoms with Crippen LogP contribution in [0.3, 0.4) is 0 Å². The van der Waals surface area contributed by atoms with Crippen LogP contribution in [0.4, 0.5) is 0 Å². The van der Waals surface area contributed by atoms with Crippen molar-refractivity contribution in [3.05, 3.63) is 48.6 Å². The summed E-state index contributed by atoms with van der Waals surface area (Å²) in [7, 11) is 0. The average Bonchev–Trinajstić information content (AvgIpc) is 3.49. The second-order valence-corrected chi connectivity index (χ2v) is 25.6. The average molecular weight is 1170 g/mol. The number of allylic oxidation sites excluding steroid dienone is 8. The molecule has 0 aromatic rings. The normalized spacial score (nSPS) is 12.8. The lowest BCUT2D eigenvalue weighted by molar-refractivity contribution is -0.143. The molecule has 0 heterocycles. The van der Waals surface area contributed by atoms with Gasteiger partial charge in [0.25, 0.3) is 0 Å². The number of carbonyl (C=O) groups is 2. The van der Waals surface area contributed by atoms with Crippen LogP contribution in [-0.4, -0.2) is 47.4 Å². The molecule has 0 rings (SSSR count). The summed E-state index contributed by atoms with van der Waals surface area (Å²) in [5, 5.41) is 23.3. The number of hydrogen-bond donors (Lipinski definition) is 3. The van der Waals surface area contributed by atoms with Gasteiger partial charge in [0.2, 0.25) is 5.91 Å². The molecule has 2 atom stereocenters. The summed E-state index contributed by atoms with van der Waals surface area (Å²) in [5.74, 6) is -0.0251. The van der Waals surface area contributed by atoms with Crippen LogP contribution in [0, 0.1) is 0 Å². The third-order valence-electron chi connectivity index (χ3n) is 17.4. The Balaban J connectivity index is 3.35. The fourth-order valence-electron chi connectivity index (χ4n) is 11.6. The van der Waals surface area contributed by atoms with Gasteiger partial charge in [-0.05, 0) is 89.9 Å². The minimum atomic E-state index is -0.662. The van der Waals surface area contributed by atoms with Crippen molar-refractivity contribution in [1.82, 2.24) is 5.32 Å². The Morgan fingerprint density at radius 1 is 0.337 bits per heavy atom. The number of esters is 1. The van der Waals surface area contributed by atoms with E-state index in [9.17, 15) is 19.8 Å². The SMILES string of the molecule is CCCCCC/C=C\C/C=C\CCCCCCCC(=O)OCCCCCCCCCCCCCCC/C=C\C/C=C\CCCCCCCCCCCCCCCCCCCC(=O)NC(CO)C(O)CCCCCCCCCCCCCCC. The largest absolute Gasteiger partial charge is 0.466 e. The number of nitrogens with one attached hydrogen (secondary N) is 1. The van der Waals surface area contributed by atoms with E-state index >= 15 is 0 Å². The maximum Gasteiger partial charge on any atom is 0.305 e. The predicted molar refractivity (Wildman–Crippen MR) is 366 cm³/mol. The lowest BCUT2D eigenvalue weighted by atomic mass is 10.0. The molecular formula is C77H145NO5. The van der Waals surface area contributed by atoms with Crippen LogP contribution in [0.1, 0.15) is 406 Å². The highest BCUT2D eigenvalue weighted by molar-refractivity contribution is 5.76. The number of amides is 1. The topological polar surface area (TPSA) is 95.9 Å². The quantitative estimate of drug-likeness (QED) is 0.0320. The van der Waals surface area contributed by atoms with Crippen molar-refractivity contribution in [2.24, 2.45) is 0 Å². The predicted octanol–water partition coefficient (Wildman–Crippen LogP) is 24.4. The Morgan fingerprint density at radius 3 is 0.928 bits per heavy atom. The Labute approximate surface area is 518 Å². The second-order valence-electron chi connectivity index (χ2n) is 25.6. The molecule has 0 saturated heterocycles. The van der Waals surface area contributed by atoms with Crippen molar-refractivity contribution in [3.63, 3.8) is 0 Å². The Morgan fingerprint density at radius 2 is 0.602 bits per heavy atom. The summed E-state index contributed by atoms with van der Waals surface area (Å²) in [6, 6.07) is -0.539. The minimum Gasteiger partial charge on any atom is -0.466 e. The summed E-state index contributed by atoms with van der Waals surface area (Å²) >= 11 is 0. The molecule has 2 unspecified atom stereocenters. The van der Waals surface area contributed by atoms with E-state index in [0.717, 1.165) is 57.8 Å². The van der Waals surface area contributed by atoms with Crippen LogP contribution in [0.5, 0.6) is 0 Å². The zero-order valence-corrected chi connectivity index (χ0v) is 55.9. The highest BCUT2D eigenvalue weighted by Crippen LogP contribution is 2.19. The first-order valence-corrected chi connectivity index (χ1v) is 37.4.